The second-order valence-electron chi connectivity index (χ2n) is 7.36. The van der Waals surface area contributed by atoms with Gasteiger partial charge in [0.2, 0.25) is 0 Å². The van der Waals surface area contributed by atoms with Gasteiger partial charge in [0.05, 0.1) is 19.3 Å². The van der Waals surface area contributed by atoms with Crippen molar-refractivity contribution in [3.8, 4) is 0 Å². The van der Waals surface area contributed by atoms with Crippen LogP contribution in [-0.4, -0.2) is 37.1 Å². The fourth-order valence-electron chi connectivity index (χ4n) is 3.09. The Hall–Kier alpha value is -1.59. The molecule has 5 heteroatoms. The minimum atomic E-state index is -1.03. The van der Waals surface area contributed by atoms with Crippen LogP contribution in [0, 0.1) is 0 Å². The van der Waals surface area contributed by atoms with Crippen LogP contribution in [0.3, 0.4) is 0 Å². The highest BCUT2D eigenvalue weighted by molar-refractivity contribution is 5.64. The van der Waals surface area contributed by atoms with Gasteiger partial charge >= 0.3 is 6.09 Å². The first-order valence-electron chi connectivity index (χ1n) is 10.9. The summed E-state index contributed by atoms with van der Waals surface area (Å²) in [6.07, 6.45) is 11.6. The Bertz CT molecular complexity index is 481. The maximum absolute atomic E-state index is 10.8. The topological polar surface area (TPSA) is 67.8 Å². The molecule has 2 N–H and O–H groups in total. The Morgan fingerprint density at radius 2 is 1.57 bits per heavy atom. The summed E-state index contributed by atoms with van der Waals surface area (Å²) in [5.74, 6) is 0. The van der Waals surface area contributed by atoms with E-state index in [4.69, 9.17) is 14.6 Å². The van der Waals surface area contributed by atoms with Gasteiger partial charge in [-0.1, -0.05) is 95.0 Å². The smallest absolute Gasteiger partial charge is 0.404 e. The molecule has 1 amide bonds. The van der Waals surface area contributed by atoms with E-state index in [1.807, 2.05) is 30.3 Å². The van der Waals surface area contributed by atoms with Crippen LogP contribution in [0.5, 0.6) is 0 Å². The lowest BCUT2D eigenvalue weighted by molar-refractivity contribution is -0.0212. The molecule has 0 heterocycles. The minimum absolute atomic E-state index is 0.252. The predicted octanol–water partition coefficient (Wildman–Crippen LogP) is 5.78. The maximum atomic E-state index is 10.8. The first kappa shape index (κ1) is 24.4. The van der Waals surface area contributed by atoms with Crippen molar-refractivity contribution >= 4 is 6.09 Å². The number of ether oxygens (including phenoxy) is 2. The highest BCUT2D eigenvalue weighted by atomic mass is 16.5. The molecule has 1 aromatic carbocycles. The summed E-state index contributed by atoms with van der Waals surface area (Å²) in [6.45, 7) is 4.04. The summed E-state index contributed by atoms with van der Waals surface area (Å²) in [4.78, 5) is 10.8. The highest BCUT2D eigenvalue weighted by Crippen LogP contribution is 2.11. The van der Waals surface area contributed by atoms with E-state index in [-0.39, 0.29) is 12.6 Å². The van der Waals surface area contributed by atoms with Crippen molar-refractivity contribution in [2.75, 3.05) is 19.8 Å². The average Bonchev–Trinajstić information content (AvgIpc) is 2.70. The molecule has 0 saturated heterocycles. The molecule has 0 saturated carbocycles. The van der Waals surface area contributed by atoms with E-state index in [0.717, 1.165) is 12.0 Å². The van der Waals surface area contributed by atoms with Gasteiger partial charge in [0.1, 0.15) is 0 Å². The lowest BCUT2D eigenvalue weighted by Crippen LogP contribution is -2.35. The van der Waals surface area contributed by atoms with Crippen molar-refractivity contribution in [2.45, 2.75) is 83.8 Å². The number of rotatable bonds is 18. The first-order chi connectivity index (χ1) is 13.7. The zero-order valence-corrected chi connectivity index (χ0v) is 17.5. The number of hydrogen-bond acceptors (Lipinski definition) is 3. The molecule has 0 radical (unpaired) electrons. The zero-order valence-electron chi connectivity index (χ0n) is 17.5. The number of carboxylic acid groups (broad SMARTS) is 1. The third-order valence-electron chi connectivity index (χ3n) is 4.75. The highest BCUT2D eigenvalue weighted by Gasteiger charge is 2.11. The standard InChI is InChI=1S/C23H39NO4/c1-2-3-4-5-6-7-8-9-10-14-17-28-22(18-24-23(25)26)20-27-19-21-15-12-11-13-16-21/h11-13,15-16,22,24H,2-10,14,17-20H2,1H3,(H,25,26). The predicted molar refractivity (Wildman–Crippen MR) is 114 cm³/mol. The number of nitrogens with one attached hydrogen (secondary N) is 1. The lowest BCUT2D eigenvalue weighted by Gasteiger charge is -2.18. The summed E-state index contributed by atoms with van der Waals surface area (Å²) >= 11 is 0. The molecule has 28 heavy (non-hydrogen) atoms. The fourth-order valence-corrected chi connectivity index (χ4v) is 3.09. The monoisotopic (exact) mass is 393 g/mol. The number of benzene rings is 1. The van der Waals surface area contributed by atoms with Crippen LogP contribution in [0.25, 0.3) is 0 Å². The molecule has 1 rings (SSSR count). The average molecular weight is 394 g/mol. The van der Waals surface area contributed by atoms with E-state index in [1.54, 1.807) is 0 Å². The first-order valence-corrected chi connectivity index (χ1v) is 10.9. The van der Waals surface area contributed by atoms with Crippen LogP contribution in [-0.2, 0) is 16.1 Å². The van der Waals surface area contributed by atoms with E-state index >= 15 is 0 Å². The Balaban J connectivity index is 2.08. The number of amides is 1. The van der Waals surface area contributed by atoms with Crippen molar-refractivity contribution < 1.29 is 19.4 Å². The molecule has 0 spiro atoms. The van der Waals surface area contributed by atoms with Gasteiger partial charge in [0.15, 0.2) is 0 Å². The van der Waals surface area contributed by atoms with Crippen molar-refractivity contribution in [3.63, 3.8) is 0 Å². The molecule has 0 aliphatic heterocycles. The number of carbonyl (C=O) groups is 1. The van der Waals surface area contributed by atoms with Gasteiger partial charge in [-0.15, -0.1) is 0 Å². The minimum Gasteiger partial charge on any atom is -0.465 e. The molecule has 0 aliphatic carbocycles. The molecule has 0 bridgehead atoms. The van der Waals surface area contributed by atoms with Gasteiger partial charge in [-0.2, -0.15) is 0 Å². The lowest BCUT2D eigenvalue weighted by atomic mass is 10.1. The van der Waals surface area contributed by atoms with E-state index in [1.165, 1.54) is 57.8 Å². The maximum Gasteiger partial charge on any atom is 0.404 e. The molecular formula is C23H39NO4. The van der Waals surface area contributed by atoms with Crippen LogP contribution in [0.1, 0.15) is 76.7 Å². The normalized spacial score (nSPS) is 12.0. The van der Waals surface area contributed by atoms with Crippen LogP contribution in [0.15, 0.2) is 30.3 Å². The van der Waals surface area contributed by atoms with Gasteiger partial charge in [-0.25, -0.2) is 4.79 Å². The van der Waals surface area contributed by atoms with E-state index < -0.39 is 6.09 Å². The second-order valence-corrected chi connectivity index (χ2v) is 7.36. The molecule has 0 aliphatic rings. The van der Waals surface area contributed by atoms with Crippen molar-refractivity contribution in [3.05, 3.63) is 35.9 Å². The van der Waals surface area contributed by atoms with Crippen molar-refractivity contribution in [2.24, 2.45) is 0 Å². The Morgan fingerprint density at radius 1 is 0.964 bits per heavy atom. The summed E-state index contributed by atoms with van der Waals surface area (Å²) in [6, 6.07) is 9.94. The molecule has 1 atom stereocenters. The Kier molecular flexibility index (Phi) is 15.3. The largest absolute Gasteiger partial charge is 0.465 e. The van der Waals surface area contributed by atoms with Crippen LogP contribution in [0.2, 0.25) is 0 Å². The Labute approximate surface area is 170 Å². The number of hydrogen-bond donors (Lipinski definition) is 2. The quantitative estimate of drug-likeness (QED) is 0.310. The van der Waals surface area contributed by atoms with Crippen LogP contribution >= 0.6 is 0 Å². The van der Waals surface area contributed by atoms with E-state index in [0.29, 0.717) is 19.8 Å². The second kappa shape index (κ2) is 17.5. The van der Waals surface area contributed by atoms with Crippen LogP contribution < -0.4 is 5.32 Å². The van der Waals surface area contributed by atoms with Crippen molar-refractivity contribution in [1.82, 2.24) is 5.32 Å². The summed E-state index contributed by atoms with van der Waals surface area (Å²) < 4.78 is 11.6. The molecule has 0 fully saturated rings. The fraction of sp³-hybridized carbons (Fsp3) is 0.696. The Morgan fingerprint density at radius 3 is 2.18 bits per heavy atom. The van der Waals surface area contributed by atoms with Gasteiger partial charge in [0, 0.05) is 13.2 Å². The van der Waals surface area contributed by atoms with E-state index in [9.17, 15) is 4.79 Å². The summed E-state index contributed by atoms with van der Waals surface area (Å²) in [5.41, 5.74) is 1.10. The number of unbranched alkanes of at least 4 members (excludes halogenated alkanes) is 9. The molecule has 160 valence electrons. The molecule has 5 nitrogen and oxygen atoms in total. The third kappa shape index (κ3) is 14.5. The third-order valence-corrected chi connectivity index (χ3v) is 4.75. The summed E-state index contributed by atoms with van der Waals surface area (Å²) in [5, 5.41) is 11.2. The van der Waals surface area contributed by atoms with E-state index in [2.05, 4.69) is 12.2 Å². The van der Waals surface area contributed by atoms with Gasteiger partial charge < -0.3 is 19.9 Å². The SMILES string of the molecule is CCCCCCCCCCCCOC(CNC(=O)O)COCc1ccccc1. The van der Waals surface area contributed by atoms with Gasteiger partial charge in [-0.3, -0.25) is 0 Å². The zero-order chi connectivity index (χ0) is 20.3. The van der Waals surface area contributed by atoms with Gasteiger partial charge in [0.25, 0.3) is 0 Å². The molecule has 0 aromatic heterocycles. The van der Waals surface area contributed by atoms with Crippen molar-refractivity contribution in [1.29, 1.82) is 0 Å². The molecule has 1 unspecified atom stereocenters. The van der Waals surface area contributed by atoms with Gasteiger partial charge in [-0.05, 0) is 12.0 Å². The molecular weight excluding hydrogens is 354 g/mol. The van der Waals surface area contributed by atoms with Crippen LogP contribution in [0.4, 0.5) is 4.79 Å². The molecule has 1 aromatic rings. The summed E-state index contributed by atoms with van der Waals surface area (Å²) in [7, 11) is 0.